The van der Waals surface area contributed by atoms with E-state index in [4.69, 9.17) is 16.7 Å². The second-order valence-electron chi connectivity index (χ2n) is 4.97. The highest BCUT2D eigenvalue weighted by Crippen LogP contribution is 2.40. The van der Waals surface area contributed by atoms with Gasteiger partial charge in [-0.15, -0.1) is 0 Å². The van der Waals surface area contributed by atoms with Crippen molar-refractivity contribution in [1.82, 2.24) is 0 Å². The summed E-state index contributed by atoms with van der Waals surface area (Å²) in [6.45, 7) is 0. The summed E-state index contributed by atoms with van der Waals surface area (Å²) in [5, 5.41) is 7.88. The van der Waals surface area contributed by atoms with Crippen LogP contribution in [0.5, 0.6) is 11.5 Å². The molecular weight excluding hydrogens is 416 g/mol. The van der Waals surface area contributed by atoms with Crippen LogP contribution in [0.15, 0.2) is 24.3 Å². The van der Waals surface area contributed by atoms with Crippen LogP contribution in [-0.2, 0) is 12.4 Å². The van der Waals surface area contributed by atoms with Crippen LogP contribution in [0.1, 0.15) is 21.5 Å². The van der Waals surface area contributed by atoms with Gasteiger partial charge in [-0.2, -0.15) is 26.3 Å². The van der Waals surface area contributed by atoms with Gasteiger partial charge in [-0.1, -0.05) is 11.6 Å². The number of hydrogen-bond acceptors (Lipinski definition) is 2. The number of rotatable bonds is 3. The minimum Gasteiger partial charge on any atom is -0.477 e. The van der Waals surface area contributed by atoms with E-state index in [1.54, 1.807) is 0 Å². The Morgan fingerprint density at radius 3 is 2.00 bits per heavy atom. The topological polar surface area (TPSA) is 46.5 Å². The van der Waals surface area contributed by atoms with Crippen LogP contribution in [0.2, 0.25) is 5.02 Å². The Hall–Kier alpha value is -2.56. The lowest BCUT2D eigenvalue weighted by molar-refractivity contribution is -0.140. The van der Waals surface area contributed by atoms with Crippen LogP contribution in [0.4, 0.5) is 35.1 Å². The molecule has 12 heteroatoms. The quantitative estimate of drug-likeness (QED) is 0.606. The van der Waals surface area contributed by atoms with Crippen molar-refractivity contribution in [2.24, 2.45) is 0 Å². The fraction of sp³-hybridized carbons (Fsp3) is 0.133. The predicted octanol–water partition coefficient (Wildman–Crippen LogP) is 6.15. The highest BCUT2D eigenvalue weighted by Gasteiger charge is 2.38. The third kappa shape index (κ3) is 4.24. The summed E-state index contributed by atoms with van der Waals surface area (Å²) in [6, 6.07) is 0.755. The molecule has 0 fully saturated rings. The van der Waals surface area contributed by atoms with Gasteiger partial charge < -0.3 is 9.84 Å². The average Bonchev–Trinajstić information content (AvgIpc) is 2.48. The standard InChI is InChI=1S/C15H5ClF8O3/c16-7-3-5(14(19,20)21)4-9(12(7)18)27-8-2-1-6(15(22,23)24)11(17)10(8)13(25)26/h1-4H,(H,25,26). The number of carboxylic acid groups (broad SMARTS) is 1. The van der Waals surface area contributed by atoms with Gasteiger partial charge in [-0.05, 0) is 24.3 Å². The number of hydrogen-bond donors (Lipinski definition) is 1. The van der Waals surface area contributed by atoms with Crippen LogP contribution < -0.4 is 4.74 Å². The molecule has 0 saturated heterocycles. The lowest BCUT2D eigenvalue weighted by atomic mass is 10.1. The SMILES string of the molecule is O=C(O)c1c(Oc2cc(C(F)(F)F)cc(Cl)c2F)ccc(C(F)(F)F)c1F. The van der Waals surface area contributed by atoms with Gasteiger partial charge >= 0.3 is 18.3 Å². The smallest absolute Gasteiger partial charge is 0.419 e. The maximum atomic E-state index is 14.0. The number of ether oxygens (including phenoxy) is 1. The summed E-state index contributed by atoms with van der Waals surface area (Å²) in [5.41, 5.74) is -5.07. The first-order valence-electron chi connectivity index (χ1n) is 6.60. The van der Waals surface area contributed by atoms with Crippen LogP contribution in [-0.4, -0.2) is 11.1 Å². The number of carboxylic acids is 1. The molecule has 2 aromatic carbocycles. The van der Waals surface area contributed by atoms with E-state index in [1.807, 2.05) is 0 Å². The van der Waals surface area contributed by atoms with Crippen LogP contribution >= 0.6 is 11.6 Å². The molecule has 0 saturated carbocycles. The average molecular weight is 421 g/mol. The summed E-state index contributed by atoms with van der Waals surface area (Å²) in [5.74, 6) is -8.42. The molecule has 27 heavy (non-hydrogen) atoms. The summed E-state index contributed by atoms with van der Waals surface area (Å²) in [4.78, 5) is 11.1. The molecule has 146 valence electrons. The molecule has 0 amide bonds. The van der Waals surface area contributed by atoms with Crippen LogP contribution in [0.3, 0.4) is 0 Å². The van der Waals surface area contributed by atoms with E-state index >= 15 is 0 Å². The zero-order valence-electron chi connectivity index (χ0n) is 12.5. The van der Waals surface area contributed by atoms with E-state index in [0.29, 0.717) is 6.07 Å². The molecule has 0 bridgehead atoms. The number of carbonyl (C=O) groups is 1. The minimum atomic E-state index is -5.25. The molecule has 0 heterocycles. The first-order chi connectivity index (χ1) is 12.2. The van der Waals surface area contributed by atoms with Crippen LogP contribution in [0, 0.1) is 11.6 Å². The van der Waals surface area contributed by atoms with Crippen LogP contribution in [0.25, 0.3) is 0 Å². The Bertz CT molecular complexity index is 905. The third-order valence-corrected chi connectivity index (χ3v) is 3.44. The zero-order chi connectivity index (χ0) is 20.7. The number of alkyl halides is 6. The predicted molar refractivity (Wildman–Crippen MR) is 74.8 cm³/mol. The summed E-state index contributed by atoms with van der Waals surface area (Å²) < 4.78 is 109. The molecule has 0 aliphatic carbocycles. The molecule has 0 aliphatic heterocycles. The molecule has 0 spiro atoms. The van der Waals surface area contributed by atoms with E-state index in [-0.39, 0.29) is 18.2 Å². The van der Waals surface area contributed by atoms with E-state index in [9.17, 15) is 39.9 Å². The van der Waals surface area contributed by atoms with Crippen molar-refractivity contribution >= 4 is 17.6 Å². The fourth-order valence-electron chi connectivity index (χ4n) is 1.98. The summed E-state index contributed by atoms with van der Waals surface area (Å²) in [7, 11) is 0. The van der Waals surface area contributed by atoms with Gasteiger partial charge in [0.1, 0.15) is 11.3 Å². The molecule has 0 atom stereocenters. The zero-order valence-corrected chi connectivity index (χ0v) is 13.2. The van der Waals surface area contributed by atoms with Gasteiger partial charge in [-0.25, -0.2) is 13.6 Å². The van der Waals surface area contributed by atoms with E-state index < -0.39 is 63.2 Å². The van der Waals surface area contributed by atoms with Gasteiger partial charge in [-0.3, -0.25) is 0 Å². The lowest BCUT2D eigenvalue weighted by Crippen LogP contribution is -2.14. The first kappa shape index (κ1) is 20.7. The first-order valence-corrected chi connectivity index (χ1v) is 6.98. The molecule has 0 radical (unpaired) electrons. The fourth-order valence-corrected chi connectivity index (χ4v) is 2.19. The molecule has 3 nitrogen and oxygen atoms in total. The Balaban J connectivity index is 2.63. The van der Waals surface area contributed by atoms with Gasteiger partial charge in [0.05, 0.1) is 16.1 Å². The van der Waals surface area contributed by atoms with Crippen molar-refractivity contribution in [2.45, 2.75) is 12.4 Å². The van der Waals surface area contributed by atoms with Crippen molar-refractivity contribution < 1.29 is 49.8 Å². The number of benzene rings is 2. The molecule has 2 rings (SSSR count). The van der Waals surface area contributed by atoms with Gasteiger partial charge in [0.15, 0.2) is 17.4 Å². The van der Waals surface area contributed by atoms with Crippen molar-refractivity contribution in [3.63, 3.8) is 0 Å². The minimum absolute atomic E-state index is 0.0996. The van der Waals surface area contributed by atoms with E-state index in [2.05, 4.69) is 4.74 Å². The van der Waals surface area contributed by atoms with E-state index in [1.165, 1.54) is 0 Å². The molecule has 0 aliphatic rings. The number of aromatic carboxylic acids is 1. The second-order valence-corrected chi connectivity index (χ2v) is 5.38. The molecule has 1 N–H and O–H groups in total. The van der Waals surface area contributed by atoms with Gasteiger partial charge in [0.25, 0.3) is 0 Å². The monoisotopic (exact) mass is 420 g/mol. The highest BCUT2D eigenvalue weighted by molar-refractivity contribution is 6.31. The third-order valence-electron chi connectivity index (χ3n) is 3.17. The highest BCUT2D eigenvalue weighted by atomic mass is 35.5. The molecule has 0 aromatic heterocycles. The maximum Gasteiger partial charge on any atom is 0.419 e. The second kappa shape index (κ2) is 6.87. The van der Waals surface area contributed by atoms with Crippen molar-refractivity contribution in [2.75, 3.05) is 0 Å². The Kier molecular flexibility index (Phi) is 5.28. The normalized spacial score (nSPS) is 12.2. The van der Waals surface area contributed by atoms with Gasteiger partial charge in [0, 0.05) is 0 Å². The summed E-state index contributed by atoms with van der Waals surface area (Å²) >= 11 is 5.32. The Morgan fingerprint density at radius 1 is 0.926 bits per heavy atom. The van der Waals surface area contributed by atoms with E-state index in [0.717, 1.165) is 0 Å². The van der Waals surface area contributed by atoms with Crippen molar-refractivity contribution in [3.8, 4) is 11.5 Å². The maximum absolute atomic E-state index is 14.0. The lowest BCUT2D eigenvalue weighted by Gasteiger charge is -2.16. The molecule has 0 unspecified atom stereocenters. The largest absolute Gasteiger partial charge is 0.477 e. The molecular formula is C15H5ClF8O3. The Morgan fingerprint density at radius 2 is 1.52 bits per heavy atom. The summed E-state index contributed by atoms with van der Waals surface area (Å²) in [6.07, 6.45) is -10.2. The van der Waals surface area contributed by atoms with Crippen molar-refractivity contribution in [1.29, 1.82) is 0 Å². The Labute approximate surface area is 149 Å². The molecule has 2 aromatic rings. The number of halogens is 9. The van der Waals surface area contributed by atoms with Gasteiger partial charge in [0.2, 0.25) is 0 Å². The van der Waals surface area contributed by atoms with Crippen molar-refractivity contribution in [3.05, 3.63) is 57.6 Å².